The fraction of sp³-hybridized carbons (Fsp3) is 0.933. The zero-order chi connectivity index (χ0) is 13.7. The van der Waals surface area contributed by atoms with Crippen LogP contribution in [0.5, 0.6) is 0 Å². The molecule has 0 bridgehead atoms. The summed E-state index contributed by atoms with van der Waals surface area (Å²) in [7, 11) is 2.04. The van der Waals surface area contributed by atoms with E-state index in [2.05, 4.69) is 10.2 Å². The molecule has 0 unspecified atom stereocenters. The molecule has 0 aliphatic heterocycles. The van der Waals surface area contributed by atoms with Crippen LogP contribution < -0.4 is 11.1 Å². The van der Waals surface area contributed by atoms with Gasteiger partial charge in [0.2, 0.25) is 5.91 Å². The van der Waals surface area contributed by atoms with E-state index in [9.17, 15) is 4.79 Å². The van der Waals surface area contributed by atoms with Crippen LogP contribution in [0, 0.1) is 5.92 Å². The second-order valence-electron chi connectivity index (χ2n) is 6.55. The first kappa shape index (κ1) is 14.8. The first-order valence-corrected chi connectivity index (χ1v) is 7.87. The molecule has 0 aromatic carbocycles. The van der Waals surface area contributed by atoms with E-state index in [0.29, 0.717) is 24.5 Å². The van der Waals surface area contributed by atoms with Crippen LogP contribution >= 0.6 is 0 Å². The van der Waals surface area contributed by atoms with Gasteiger partial charge in [0.15, 0.2) is 0 Å². The van der Waals surface area contributed by atoms with E-state index in [1.807, 2.05) is 7.05 Å². The van der Waals surface area contributed by atoms with Gasteiger partial charge in [0, 0.05) is 18.6 Å². The van der Waals surface area contributed by atoms with Crippen molar-refractivity contribution in [3.05, 3.63) is 0 Å². The molecule has 2 fully saturated rings. The van der Waals surface area contributed by atoms with Crippen LogP contribution in [-0.4, -0.2) is 43.0 Å². The molecule has 0 aromatic heterocycles. The van der Waals surface area contributed by atoms with Crippen molar-refractivity contribution >= 4 is 5.91 Å². The Morgan fingerprint density at radius 1 is 1.21 bits per heavy atom. The lowest BCUT2D eigenvalue weighted by Crippen LogP contribution is -2.45. The van der Waals surface area contributed by atoms with E-state index in [1.165, 1.54) is 25.7 Å². The van der Waals surface area contributed by atoms with E-state index in [0.717, 1.165) is 32.2 Å². The van der Waals surface area contributed by atoms with Gasteiger partial charge < -0.3 is 11.1 Å². The standard InChI is InChI=1S/C15H29N3O/c1-18(10-12-8-13(16)9-12)11-15(19)17-14-6-4-2-3-5-7-14/h12-14H,2-11,16H2,1H3,(H,17,19). The highest BCUT2D eigenvalue weighted by Crippen LogP contribution is 2.25. The summed E-state index contributed by atoms with van der Waals surface area (Å²) in [6.07, 6.45) is 9.74. The smallest absolute Gasteiger partial charge is 0.234 e. The van der Waals surface area contributed by atoms with Gasteiger partial charge in [-0.3, -0.25) is 9.69 Å². The summed E-state index contributed by atoms with van der Waals surface area (Å²) in [5.74, 6) is 0.892. The van der Waals surface area contributed by atoms with Crippen molar-refractivity contribution in [3.8, 4) is 0 Å². The zero-order valence-electron chi connectivity index (χ0n) is 12.2. The molecule has 110 valence electrons. The van der Waals surface area contributed by atoms with Crippen LogP contribution in [0.2, 0.25) is 0 Å². The number of hydrogen-bond donors (Lipinski definition) is 2. The highest BCUT2D eigenvalue weighted by Gasteiger charge is 2.27. The number of amides is 1. The van der Waals surface area contributed by atoms with Crippen LogP contribution in [0.3, 0.4) is 0 Å². The third-order valence-electron chi connectivity index (χ3n) is 4.48. The number of rotatable bonds is 5. The van der Waals surface area contributed by atoms with Crippen LogP contribution in [0.1, 0.15) is 51.4 Å². The summed E-state index contributed by atoms with van der Waals surface area (Å²) in [5, 5.41) is 3.20. The Hall–Kier alpha value is -0.610. The molecule has 2 saturated carbocycles. The Morgan fingerprint density at radius 3 is 2.42 bits per heavy atom. The maximum absolute atomic E-state index is 12.0. The van der Waals surface area contributed by atoms with Gasteiger partial charge in [0.25, 0.3) is 0 Å². The van der Waals surface area contributed by atoms with Crippen molar-refractivity contribution in [2.24, 2.45) is 11.7 Å². The van der Waals surface area contributed by atoms with Crippen LogP contribution in [0.4, 0.5) is 0 Å². The molecule has 0 radical (unpaired) electrons. The average molecular weight is 267 g/mol. The Labute approximate surface area is 117 Å². The molecule has 19 heavy (non-hydrogen) atoms. The lowest BCUT2D eigenvalue weighted by atomic mass is 9.80. The van der Waals surface area contributed by atoms with Crippen LogP contribution in [-0.2, 0) is 4.79 Å². The zero-order valence-corrected chi connectivity index (χ0v) is 12.2. The Kier molecular flexibility index (Phi) is 5.64. The number of carbonyl (C=O) groups is 1. The maximum atomic E-state index is 12.0. The van der Waals surface area contributed by atoms with Crippen molar-refractivity contribution < 1.29 is 4.79 Å². The molecule has 2 aliphatic rings. The fourth-order valence-electron chi connectivity index (χ4n) is 3.38. The monoisotopic (exact) mass is 267 g/mol. The van der Waals surface area contributed by atoms with Gasteiger partial charge in [-0.2, -0.15) is 0 Å². The molecule has 3 N–H and O–H groups in total. The molecule has 4 heteroatoms. The summed E-state index contributed by atoms with van der Waals surface area (Å²) >= 11 is 0. The van der Waals surface area contributed by atoms with Crippen LogP contribution in [0.15, 0.2) is 0 Å². The van der Waals surface area contributed by atoms with Crippen molar-refractivity contribution in [2.45, 2.75) is 63.5 Å². The number of nitrogens with two attached hydrogens (primary N) is 1. The minimum Gasteiger partial charge on any atom is -0.352 e. The summed E-state index contributed by atoms with van der Waals surface area (Å²) in [6, 6.07) is 0.818. The second kappa shape index (κ2) is 7.25. The summed E-state index contributed by atoms with van der Waals surface area (Å²) < 4.78 is 0. The van der Waals surface area contributed by atoms with Gasteiger partial charge >= 0.3 is 0 Å². The highest BCUT2D eigenvalue weighted by atomic mass is 16.2. The Balaban J connectivity index is 1.62. The topological polar surface area (TPSA) is 58.4 Å². The molecule has 2 rings (SSSR count). The highest BCUT2D eigenvalue weighted by molar-refractivity contribution is 5.78. The molecule has 0 spiro atoms. The summed E-state index contributed by atoms with van der Waals surface area (Å²) in [4.78, 5) is 14.2. The van der Waals surface area contributed by atoms with Gasteiger partial charge in [-0.05, 0) is 38.6 Å². The Bertz CT molecular complexity index is 281. The van der Waals surface area contributed by atoms with Gasteiger partial charge in [0.1, 0.15) is 0 Å². The molecule has 0 atom stereocenters. The SMILES string of the molecule is CN(CC(=O)NC1CCCCCC1)CC1CC(N)C1. The van der Waals surface area contributed by atoms with Crippen molar-refractivity contribution in [2.75, 3.05) is 20.1 Å². The summed E-state index contributed by atoms with van der Waals surface area (Å²) in [6.45, 7) is 1.54. The number of likely N-dealkylation sites (N-methyl/N-ethyl adjacent to an activating group) is 1. The van der Waals surface area contributed by atoms with Gasteiger partial charge in [-0.1, -0.05) is 25.7 Å². The largest absolute Gasteiger partial charge is 0.352 e. The molecule has 0 aromatic rings. The van der Waals surface area contributed by atoms with E-state index >= 15 is 0 Å². The van der Waals surface area contributed by atoms with Crippen LogP contribution in [0.25, 0.3) is 0 Å². The molecule has 0 heterocycles. The predicted molar refractivity (Wildman–Crippen MR) is 77.8 cm³/mol. The second-order valence-corrected chi connectivity index (χ2v) is 6.55. The quantitative estimate of drug-likeness (QED) is 0.742. The van der Waals surface area contributed by atoms with Gasteiger partial charge in [-0.15, -0.1) is 0 Å². The van der Waals surface area contributed by atoms with E-state index in [-0.39, 0.29) is 5.91 Å². The predicted octanol–water partition coefficient (Wildman–Crippen LogP) is 1.49. The first-order chi connectivity index (χ1) is 9.13. The van der Waals surface area contributed by atoms with Crippen molar-refractivity contribution in [1.29, 1.82) is 0 Å². The number of nitrogens with zero attached hydrogens (tertiary/aromatic N) is 1. The first-order valence-electron chi connectivity index (χ1n) is 7.87. The average Bonchev–Trinajstić information content (AvgIpc) is 2.55. The maximum Gasteiger partial charge on any atom is 0.234 e. The molecule has 2 aliphatic carbocycles. The lowest BCUT2D eigenvalue weighted by molar-refractivity contribution is -0.122. The molecule has 1 amide bonds. The van der Waals surface area contributed by atoms with E-state index < -0.39 is 0 Å². The third-order valence-corrected chi connectivity index (χ3v) is 4.48. The molecule has 0 saturated heterocycles. The molecular formula is C15H29N3O. The summed E-state index contributed by atoms with van der Waals surface area (Å²) in [5.41, 5.74) is 5.79. The number of nitrogens with one attached hydrogen (secondary N) is 1. The molecular weight excluding hydrogens is 238 g/mol. The van der Waals surface area contributed by atoms with Gasteiger partial charge in [0.05, 0.1) is 6.54 Å². The van der Waals surface area contributed by atoms with E-state index in [1.54, 1.807) is 0 Å². The third kappa shape index (κ3) is 5.11. The normalized spacial score (nSPS) is 28.8. The lowest BCUT2D eigenvalue weighted by Gasteiger charge is -2.35. The minimum absolute atomic E-state index is 0.193. The molecule has 4 nitrogen and oxygen atoms in total. The van der Waals surface area contributed by atoms with Gasteiger partial charge in [-0.25, -0.2) is 0 Å². The van der Waals surface area contributed by atoms with E-state index in [4.69, 9.17) is 5.73 Å². The fourth-order valence-corrected chi connectivity index (χ4v) is 3.38. The Morgan fingerprint density at radius 2 is 1.84 bits per heavy atom. The number of carbonyl (C=O) groups excluding carboxylic acids is 1. The van der Waals surface area contributed by atoms with Crippen molar-refractivity contribution in [3.63, 3.8) is 0 Å². The van der Waals surface area contributed by atoms with Crippen molar-refractivity contribution in [1.82, 2.24) is 10.2 Å². The minimum atomic E-state index is 0.193. The number of hydrogen-bond acceptors (Lipinski definition) is 3.